The van der Waals surface area contributed by atoms with Crippen LogP contribution in [0, 0.1) is 6.92 Å². The van der Waals surface area contributed by atoms with E-state index in [1.807, 2.05) is 19.1 Å². The third-order valence-corrected chi connectivity index (χ3v) is 5.52. The highest BCUT2D eigenvalue weighted by molar-refractivity contribution is 8.11. The first kappa shape index (κ1) is 14.9. The van der Waals surface area contributed by atoms with E-state index < -0.39 is 20.6 Å². The third kappa shape index (κ3) is 3.96. The van der Waals surface area contributed by atoms with Crippen LogP contribution in [-0.2, 0) is 20.6 Å². The molecule has 0 aliphatic heterocycles. The van der Waals surface area contributed by atoms with E-state index in [2.05, 4.69) is 0 Å². The van der Waals surface area contributed by atoms with Gasteiger partial charge >= 0.3 is 0 Å². The molecule has 0 spiro atoms. The van der Waals surface area contributed by atoms with Crippen molar-refractivity contribution in [3.8, 4) is 0 Å². The molecular weight excluding hydrogens is 270 g/mol. The van der Waals surface area contributed by atoms with Crippen molar-refractivity contribution in [3.63, 3.8) is 0 Å². The number of nitrogens with zero attached hydrogens (tertiary/aromatic N) is 1. The second-order valence-electron chi connectivity index (χ2n) is 4.27. The SMILES string of the molecule is Cc1ccc(S(=O)C(=CN(C)C)S(C)(=O)=O)cc1. The Morgan fingerprint density at radius 1 is 1.22 bits per heavy atom. The van der Waals surface area contributed by atoms with Crippen molar-refractivity contribution in [2.75, 3.05) is 20.4 Å². The van der Waals surface area contributed by atoms with Gasteiger partial charge in [-0.05, 0) is 19.1 Å². The van der Waals surface area contributed by atoms with E-state index in [1.54, 1.807) is 31.1 Å². The van der Waals surface area contributed by atoms with Gasteiger partial charge in [0.1, 0.15) is 0 Å². The van der Waals surface area contributed by atoms with Crippen LogP contribution in [0.4, 0.5) is 0 Å². The summed E-state index contributed by atoms with van der Waals surface area (Å²) in [4.78, 5) is 2.06. The molecule has 1 aromatic carbocycles. The van der Waals surface area contributed by atoms with Crippen LogP contribution in [0.25, 0.3) is 0 Å². The molecule has 0 fully saturated rings. The molecule has 1 atom stereocenters. The van der Waals surface area contributed by atoms with Crippen LogP contribution in [-0.4, -0.2) is 37.9 Å². The van der Waals surface area contributed by atoms with Crippen molar-refractivity contribution in [2.24, 2.45) is 0 Å². The van der Waals surface area contributed by atoms with Crippen LogP contribution in [0.5, 0.6) is 0 Å². The lowest BCUT2D eigenvalue weighted by molar-refractivity contribution is 0.560. The molecule has 0 bridgehead atoms. The summed E-state index contributed by atoms with van der Waals surface area (Å²) < 4.78 is 35.5. The van der Waals surface area contributed by atoms with Crippen molar-refractivity contribution in [1.82, 2.24) is 4.90 Å². The summed E-state index contributed by atoms with van der Waals surface area (Å²) in [6.07, 6.45) is 2.44. The van der Waals surface area contributed by atoms with Crippen molar-refractivity contribution in [2.45, 2.75) is 11.8 Å². The Labute approximate surface area is 111 Å². The van der Waals surface area contributed by atoms with Gasteiger partial charge in [-0.1, -0.05) is 17.7 Å². The first-order valence-electron chi connectivity index (χ1n) is 5.28. The maximum atomic E-state index is 12.3. The average Bonchev–Trinajstić information content (AvgIpc) is 2.24. The summed E-state index contributed by atoms with van der Waals surface area (Å²) in [6.45, 7) is 1.92. The zero-order valence-electron chi connectivity index (χ0n) is 10.9. The zero-order valence-corrected chi connectivity index (χ0v) is 12.5. The number of hydrogen-bond donors (Lipinski definition) is 0. The lowest BCUT2D eigenvalue weighted by Gasteiger charge is -2.10. The number of sulfone groups is 1. The van der Waals surface area contributed by atoms with Crippen molar-refractivity contribution < 1.29 is 12.6 Å². The minimum absolute atomic E-state index is 0.0867. The summed E-state index contributed by atoms with van der Waals surface area (Å²) in [5, 5.41) is 0. The van der Waals surface area contributed by atoms with Crippen LogP contribution in [0.1, 0.15) is 5.56 Å². The average molecular weight is 287 g/mol. The Bertz CT molecular complexity index is 572. The molecule has 0 saturated carbocycles. The molecule has 1 unspecified atom stereocenters. The van der Waals surface area contributed by atoms with Gasteiger partial charge < -0.3 is 4.90 Å². The normalized spacial score (nSPS) is 14.3. The second-order valence-corrected chi connectivity index (χ2v) is 7.96. The van der Waals surface area contributed by atoms with Gasteiger partial charge in [0.25, 0.3) is 0 Å². The van der Waals surface area contributed by atoms with Crippen molar-refractivity contribution in [1.29, 1.82) is 0 Å². The maximum Gasteiger partial charge on any atom is 0.185 e. The molecule has 4 nitrogen and oxygen atoms in total. The highest BCUT2D eigenvalue weighted by Crippen LogP contribution is 2.19. The highest BCUT2D eigenvalue weighted by Gasteiger charge is 2.20. The fraction of sp³-hybridized carbons (Fsp3) is 0.333. The summed E-state index contributed by atoms with van der Waals surface area (Å²) in [7, 11) is -1.80. The van der Waals surface area contributed by atoms with Crippen LogP contribution in [0.3, 0.4) is 0 Å². The molecule has 0 radical (unpaired) electrons. The van der Waals surface area contributed by atoms with Crippen LogP contribution in [0.15, 0.2) is 39.6 Å². The number of hydrogen-bond acceptors (Lipinski definition) is 4. The largest absolute Gasteiger partial charge is 0.382 e. The summed E-state index contributed by atoms with van der Waals surface area (Å²) in [6, 6.07) is 6.98. The maximum absolute atomic E-state index is 12.3. The standard InChI is InChI=1S/C12H17NO3S2/c1-10-5-7-11(8-6-10)17(14)12(9-13(2)3)18(4,15)16/h5-9H,1-4H3. The number of aryl methyl sites for hydroxylation is 1. The number of rotatable bonds is 4. The summed E-state index contributed by atoms with van der Waals surface area (Å²) >= 11 is 0. The molecule has 100 valence electrons. The number of benzene rings is 1. The van der Waals surface area contributed by atoms with Gasteiger partial charge in [-0.2, -0.15) is 0 Å². The molecule has 18 heavy (non-hydrogen) atoms. The van der Waals surface area contributed by atoms with E-state index in [-0.39, 0.29) is 4.24 Å². The molecule has 1 aromatic rings. The molecule has 0 heterocycles. The van der Waals surface area contributed by atoms with E-state index in [0.717, 1.165) is 11.8 Å². The fourth-order valence-corrected chi connectivity index (χ4v) is 3.98. The first-order valence-corrected chi connectivity index (χ1v) is 8.32. The lowest BCUT2D eigenvalue weighted by Crippen LogP contribution is -2.13. The van der Waals surface area contributed by atoms with Gasteiger partial charge in [0.05, 0.1) is 10.8 Å². The zero-order chi connectivity index (χ0) is 13.9. The Morgan fingerprint density at radius 2 is 1.72 bits per heavy atom. The quantitative estimate of drug-likeness (QED) is 0.842. The first-order chi connectivity index (χ1) is 8.21. The summed E-state index contributed by atoms with van der Waals surface area (Å²) in [5.74, 6) is 0. The molecule has 0 aromatic heterocycles. The van der Waals surface area contributed by atoms with Crippen molar-refractivity contribution >= 4 is 20.6 Å². The molecule has 0 aliphatic carbocycles. The van der Waals surface area contributed by atoms with E-state index in [0.29, 0.717) is 4.90 Å². The Hall–Kier alpha value is -1.14. The Balaban J connectivity index is 3.24. The molecule has 0 amide bonds. The molecule has 0 aliphatic rings. The van der Waals surface area contributed by atoms with Gasteiger partial charge in [0, 0.05) is 31.4 Å². The van der Waals surface area contributed by atoms with Gasteiger partial charge in [0.2, 0.25) is 0 Å². The monoisotopic (exact) mass is 287 g/mol. The Kier molecular flexibility index (Phi) is 4.70. The van der Waals surface area contributed by atoms with E-state index in [9.17, 15) is 12.6 Å². The smallest absolute Gasteiger partial charge is 0.185 e. The van der Waals surface area contributed by atoms with E-state index in [1.165, 1.54) is 6.20 Å². The predicted octanol–water partition coefficient (Wildman–Crippen LogP) is 1.51. The summed E-state index contributed by atoms with van der Waals surface area (Å²) in [5.41, 5.74) is 1.04. The molecule has 6 heteroatoms. The molecular formula is C12H17NO3S2. The highest BCUT2D eigenvalue weighted by atomic mass is 32.3. The van der Waals surface area contributed by atoms with Crippen molar-refractivity contribution in [3.05, 3.63) is 40.3 Å². The van der Waals surface area contributed by atoms with Crippen LogP contribution in [0.2, 0.25) is 0 Å². The lowest BCUT2D eigenvalue weighted by atomic mass is 10.2. The minimum Gasteiger partial charge on any atom is -0.382 e. The van der Waals surface area contributed by atoms with Crippen LogP contribution >= 0.6 is 0 Å². The van der Waals surface area contributed by atoms with Gasteiger partial charge in [-0.3, -0.25) is 0 Å². The molecule has 0 N–H and O–H groups in total. The molecule has 0 saturated heterocycles. The van der Waals surface area contributed by atoms with E-state index in [4.69, 9.17) is 0 Å². The Morgan fingerprint density at radius 3 is 2.11 bits per heavy atom. The molecule has 1 rings (SSSR count). The minimum atomic E-state index is -3.50. The topological polar surface area (TPSA) is 54.5 Å². The van der Waals surface area contributed by atoms with Crippen LogP contribution < -0.4 is 0 Å². The van der Waals surface area contributed by atoms with Gasteiger partial charge in [-0.15, -0.1) is 0 Å². The van der Waals surface area contributed by atoms with Gasteiger partial charge in [0.15, 0.2) is 14.1 Å². The van der Waals surface area contributed by atoms with E-state index >= 15 is 0 Å². The van der Waals surface area contributed by atoms with Gasteiger partial charge in [-0.25, -0.2) is 12.6 Å². The third-order valence-electron chi connectivity index (χ3n) is 2.15. The fourth-order valence-electron chi connectivity index (χ4n) is 1.27. The predicted molar refractivity (Wildman–Crippen MR) is 74.2 cm³/mol. The second kappa shape index (κ2) is 5.67.